The third-order valence-electron chi connectivity index (χ3n) is 3.79. The van der Waals surface area contributed by atoms with Gasteiger partial charge in [-0.1, -0.05) is 13.8 Å². The van der Waals surface area contributed by atoms with Gasteiger partial charge in [-0.3, -0.25) is 10.2 Å². The standard InChI is InChI=1S/C14H30N2/c1-10(2)13-7-8-14(15-11(3)4)16(9-13)12(5)6/h10-15H,7-9H2,1-6H3/t13-,14-/m1/s1. The van der Waals surface area contributed by atoms with Crippen molar-refractivity contribution in [3.05, 3.63) is 0 Å². The summed E-state index contributed by atoms with van der Waals surface area (Å²) in [6.45, 7) is 15.1. The first-order valence-electron chi connectivity index (χ1n) is 6.93. The molecule has 1 rings (SSSR count). The third-order valence-corrected chi connectivity index (χ3v) is 3.79. The summed E-state index contributed by atoms with van der Waals surface area (Å²) in [6.07, 6.45) is 3.28. The quantitative estimate of drug-likeness (QED) is 0.792. The molecule has 1 saturated heterocycles. The summed E-state index contributed by atoms with van der Waals surface area (Å²) in [7, 11) is 0. The van der Waals surface area contributed by atoms with Crippen LogP contribution in [0.2, 0.25) is 0 Å². The van der Waals surface area contributed by atoms with Crippen LogP contribution in [-0.2, 0) is 0 Å². The Balaban J connectivity index is 2.60. The second kappa shape index (κ2) is 6.02. The summed E-state index contributed by atoms with van der Waals surface area (Å²) in [5.74, 6) is 1.70. The molecule has 0 aromatic rings. The topological polar surface area (TPSA) is 15.3 Å². The SMILES string of the molecule is CC(C)N[C@H]1CC[C@@H](C(C)C)CN1C(C)C. The molecule has 96 valence electrons. The second-order valence-electron chi connectivity index (χ2n) is 6.21. The molecule has 0 spiro atoms. The lowest BCUT2D eigenvalue weighted by Gasteiger charge is -2.44. The summed E-state index contributed by atoms with van der Waals surface area (Å²) >= 11 is 0. The zero-order valence-electron chi connectivity index (χ0n) is 12.0. The molecule has 0 aromatic carbocycles. The Morgan fingerprint density at radius 3 is 2.06 bits per heavy atom. The van der Waals surface area contributed by atoms with Gasteiger partial charge in [0.15, 0.2) is 0 Å². The van der Waals surface area contributed by atoms with Crippen LogP contribution >= 0.6 is 0 Å². The smallest absolute Gasteiger partial charge is 0.0601 e. The van der Waals surface area contributed by atoms with Gasteiger partial charge in [-0.25, -0.2) is 0 Å². The Kier molecular flexibility index (Phi) is 5.26. The van der Waals surface area contributed by atoms with E-state index < -0.39 is 0 Å². The minimum absolute atomic E-state index is 0.585. The first-order chi connectivity index (χ1) is 7.41. The molecule has 2 atom stereocenters. The van der Waals surface area contributed by atoms with E-state index in [2.05, 4.69) is 51.8 Å². The fourth-order valence-electron chi connectivity index (χ4n) is 2.71. The molecule has 1 N–H and O–H groups in total. The Labute approximate surface area is 102 Å². The molecule has 0 aliphatic carbocycles. The van der Waals surface area contributed by atoms with Crippen molar-refractivity contribution in [3.63, 3.8) is 0 Å². The van der Waals surface area contributed by atoms with E-state index in [1.54, 1.807) is 0 Å². The number of hydrogen-bond donors (Lipinski definition) is 1. The van der Waals surface area contributed by atoms with Gasteiger partial charge in [-0.15, -0.1) is 0 Å². The molecule has 0 amide bonds. The van der Waals surface area contributed by atoms with Crippen LogP contribution in [0.5, 0.6) is 0 Å². The molecule has 1 fully saturated rings. The predicted octanol–water partition coefficient (Wildman–Crippen LogP) is 3.09. The maximum Gasteiger partial charge on any atom is 0.0601 e. The van der Waals surface area contributed by atoms with Crippen LogP contribution in [0.15, 0.2) is 0 Å². The predicted molar refractivity (Wildman–Crippen MR) is 71.5 cm³/mol. The molecule has 1 aliphatic rings. The van der Waals surface area contributed by atoms with Crippen LogP contribution in [0.25, 0.3) is 0 Å². The molecule has 0 radical (unpaired) electrons. The van der Waals surface area contributed by atoms with Crippen molar-refractivity contribution in [2.45, 2.75) is 72.6 Å². The van der Waals surface area contributed by atoms with Crippen LogP contribution < -0.4 is 5.32 Å². The minimum Gasteiger partial charge on any atom is -0.299 e. The van der Waals surface area contributed by atoms with Gasteiger partial charge in [0.25, 0.3) is 0 Å². The van der Waals surface area contributed by atoms with Crippen molar-refractivity contribution in [1.29, 1.82) is 0 Å². The molecule has 2 heteroatoms. The van der Waals surface area contributed by atoms with Gasteiger partial charge in [0, 0.05) is 18.6 Å². The fourth-order valence-corrected chi connectivity index (χ4v) is 2.71. The molecule has 0 unspecified atom stereocenters. The highest BCUT2D eigenvalue weighted by molar-refractivity contribution is 4.84. The van der Waals surface area contributed by atoms with Gasteiger partial charge in [-0.05, 0) is 52.4 Å². The van der Waals surface area contributed by atoms with Crippen LogP contribution in [-0.4, -0.2) is 29.7 Å². The lowest BCUT2D eigenvalue weighted by molar-refractivity contribution is 0.0381. The monoisotopic (exact) mass is 226 g/mol. The van der Waals surface area contributed by atoms with E-state index in [1.807, 2.05) is 0 Å². The number of rotatable bonds is 4. The van der Waals surface area contributed by atoms with Gasteiger partial charge in [0.1, 0.15) is 0 Å². The van der Waals surface area contributed by atoms with Crippen molar-refractivity contribution in [3.8, 4) is 0 Å². The second-order valence-corrected chi connectivity index (χ2v) is 6.21. The Morgan fingerprint density at radius 2 is 1.62 bits per heavy atom. The molecule has 1 heterocycles. The van der Waals surface area contributed by atoms with Gasteiger partial charge < -0.3 is 0 Å². The first-order valence-corrected chi connectivity index (χ1v) is 6.93. The van der Waals surface area contributed by atoms with Crippen molar-refractivity contribution in [1.82, 2.24) is 10.2 Å². The van der Waals surface area contributed by atoms with E-state index >= 15 is 0 Å². The van der Waals surface area contributed by atoms with E-state index in [-0.39, 0.29) is 0 Å². The van der Waals surface area contributed by atoms with E-state index in [4.69, 9.17) is 0 Å². The van der Waals surface area contributed by atoms with Crippen LogP contribution in [0.1, 0.15) is 54.4 Å². The molecule has 2 nitrogen and oxygen atoms in total. The van der Waals surface area contributed by atoms with Gasteiger partial charge in [0.05, 0.1) is 6.17 Å². The lowest BCUT2D eigenvalue weighted by atomic mass is 9.86. The number of piperidine rings is 1. The van der Waals surface area contributed by atoms with Crippen LogP contribution in [0.4, 0.5) is 0 Å². The average Bonchev–Trinajstić information content (AvgIpc) is 2.16. The lowest BCUT2D eigenvalue weighted by Crippen LogP contribution is -2.55. The molecule has 1 aliphatic heterocycles. The van der Waals surface area contributed by atoms with Crippen molar-refractivity contribution in [2.24, 2.45) is 11.8 Å². The number of hydrogen-bond acceptors (Lipinski definition) is 2. The van der Waals surface area contributed by atoms with Gasteiger partial charge >= 0.3 is 0 Å². The minimum atomic E-state index is 0.585. The third kappa shape index (κ3) is 3.74. The molecule has 16 heavy (non-hydrogen) atoms. The highest BCUT2D eigenvalue weighted by atomic mass is 15.3. The summed E-state index contributed by atoms with van der Waals surface area (Å²) in [4.78, 5) is 2.65. The summed E-state index contributed by atoms with van der Waals surface area (Å²) in [5, 5.41) is 3.70. The summed E-state index contributed by atoms with van der Waals surface area (Å²) in [5.41, 5.74) is 0. The van der Waals surface area contributed by atoms with E-state index in [0.717, 1.165) is 11.8 Å². The molecular formula is C14H30N2. The largest absolute Gasteiger partial charge is 0.299 e. The fraction of sp³-hybridized carbons (Fsp3) is 1.00. The zero-order chi connectivity index (χ0) is 12.3. The maximum atomic E-state index is 3.70. The Bertz CT molecular complexity index is 199. The molecule has 0 bridgehead atoms. The van der Waals surface area contributed by atoms with Crippen LogP contribution in [0, 0.1) is 11.8 Å². The summed E-state index contributed by atoms with van der Waals surface area (Å²) in [6, 6.07) is 1.24. The first kappa shape index (κ1) is 14.0. The van der Waals surface area contributed by atoms with E-state index in [9.17, 15) is 0 Å². The van der Waals surface area contributed by atoms with Crippen LogP contribution in [0.3, 0.4) is 0 Å². The Hall–Kier alpha value is -0.0800. The molecule has 0 aromatic heterocycles. The number of nitrogens with one attached hydrogen (secondary N) is 1. The summed E-state index contributed by atoms with van der Waals surface area (Å²) < 4.78 is 0. The normalized spacial score (nSPS) is 28.3. The van der Waals surface area contributed by atoms with Gasteiger partial charge in [-0.2, -0.15) is 0 Å². The highest BCUT2D eigenvalue weighted by Gasteiger charge is 2.31. The average molecular weight is 226 g/mol. The zero-order valence-corrected chi connectivity index (χ0v) is 12.0. The maximum absolute atomic E-state index is 3.70. The van der Waals surface area contributed by atoms with Crippen molar-refractivity contribution >= 4 is 0 Å². The molecule has 0 saturated carbocycles. The van der Waals surface area contributed by atoms with E-state index in [1.165, 1.54) is 19.4 Å². The molecular weight excluding hydrogens is 196 g/mol. The van der Waals surface area contributed by atoms with E-state index in [0.29, 0.717) is 18.2 Å². The number of nitrogens with zero attached hydrogens (tertiary/aromatic N) is 1. The van der Waals surface area contributed by atoms with Crippen molar-refractivity contribution in [2.75, 3.05) is 6.54 Å². The van der Waals surface area contributed by atoms with Crippen molar-refractivity contribution < 1.29 is 0 Å². The van der Waals surface area contributed by atoms with Gasteiger partial charge in [0.2, 0.25) is 0 Å². The number of likely N-dealkylation sites (tertiary alicyclic amines) is 1. The Morgan fingerprint density at radius 1 is 1.00 bits per heavy atom. The highest BCUT2D eigenvalue weighted by Crippen LogP contribution is 2.27.